The summed E-state index contributed by atoms with van der Waals surface area (Å²) in [7, 11) is 6.09. The molecule has 120 valence electrons. The van der Waals surface area contributed by atoms with Crippen LogP contribution in [0.3, 0.4) is 0 Å². The van der Waals surface area contributed by atoms with E-state index in [2.05, 4.69) is 0 Å². The van der Waals surface area contributed by atoms with Crippen molar-refractivity contribution in [3.05, 3.63) is 34.7 Å². The topological polar surface area (TPSA) is 67.1 Å². The second-order valence-corrected chi connectivity index (χ2v) is 4.79. The number of hydrogen-bond donors (Lipinski definition) is 0. The lowest BCUT2D eigenvalue weighted by Crippen LogP contribution is -2.04. The minimum absolute atomic E-state index is 0.284. The van der Waals surface area contributed by atoms with Gasteiger partial charge in [0, 0.05) is 11.5 Å². The molecule has 0 unspecified atom stereocenters. The lowest BCUT2D eigenvalue weighted by Gasteiger charge is -2.15. The van der Waals surface area contributed by atoms with Crippen molar-refractivity contribution >= 4 is 21.7 Å². The first-order chi connectivity index (χ1) is 11.2. The maximum Gasteiger partial charge on any atom is 0.344 e. The normalized spacial score (nSPS) is 10.8. The van der Waals surface area contributed by atoms with Crippen molar-refractivity contribution in [3.63, 3.8) is 0 Å². The summed E-state index contributed by atoms with van der Waals surface area (Å²) in [6, 6.07) is 6.79. The molecule has 0 N–H and O–H groups in total. The molecule has 23 heavy (non-hydrogen) atoms. The van der Waals surface area contributed by atoms with E-state index in [0.717, 1.165) is 0 Å². The molecule has 0 spiro atoms. The predicted molar refractivity (Wildman–Crippen MR) is 86.2 cm³/mol. The Labute approximate surface area is 132 Å². The maximum atomic E-state index is 12.3. The number of methoxy groups -OCH3 is 4. The third kappa shape index (κ3) is 2.14. The van der Waals surface area contributed by atoms with Gasteiger partial charge in [-0.15, -0.1) is 0 Å². The van der Waals surface area contributed by atoms with E-state index in [1.54, 1.807) is 31.4 Å². The van der Waals surface area contributed by atoms with Gasteiger partial charge in [0.2, 0.25) is 0 Å². The highest BCUT2D eigenvalue weighted by molar-refractivity contribution is 6.13. The smallest absolute Gasteiger partial charge is 0.344 e. The molecule has 2 aromatic carbocycles. The zero-order chi connectivity index (χ0) is 16.6. The Morgan fingerprint density at radius 3 is 2.13 bits per heavy atom. The van der Waals surface area contributed by atoms with Gasteiger partial charge in [-0.25, -0.2) is 4.79 Å². The van der Waals surface area contributed by atoms with Crippen LogP contribution in [0.5, 0.6) is 23.0 Å². The van der Waals surface area contributed by atoms with E-state index in [1.165, 1.54) is 21.3 Å². The fourth-order valence-corrected chi connectivity index (χ4v) is 2.71. The van der Waals surface area contributed by atoms with Crippen LogP contribution in [0.4, 0.5) is 0 Å². The van der Waals surface area contributed by atoms with Gasteiger partial charge in [-0.2, -0.15) is 0 Å². The summed E-state index contributed by atoms with van der Waals surface area (Å²) >= 11 is 0. The monoisotopic (exact) mass is 316 g/mol. The van der Waals surface area contributed by atoms with Crippen molar-refractivity contribution in [1.82, 2.24) is 0 Å². The van der Waals surface area contributed by atoms with Crippen molar-refractivity contribution in [2.75, 3.05) is 28.4 Å². The van der Waals surface area contributed by atoms with Crippen molar-refractivity contribution in [1.29, 1.82) is 0 Å². The number of hydrogen-bond acceptors (Lipinski definition) is 6. The molecule has 0 saturated carbocycles. The van der Waals surface area contributed by atoms with Crippen molar-refractivity contribution < 1.29 is 23.4 Å². The lowest BCUT2D eigenvalue weighted by atomic mass is 10.0. The molecule has 3 rings (SSSR count). The van der Waals surface area contributed by atoms with E-state index in [1.807, 2.05) is 0 Å². The molecule has 6 heteroatoms. The van der Waals surface area contributed by atoms with Gasteiger partial charge in [0.25, 0.3) is 0 Å². The van der Waals surface area contributed by atoms with Crippen molar-refractivity contribution in [2.24, 2.45) is 0 Å². The van der Waals surface area contributed by atoms with E-state index >= 15 is 0 Å². The zero-order valence-electron chi connectivity index (χ0n) is 13.3. The van der Waals surface area contributed by atoms with Gasteiger partial charge in [0.1, 0.15) is 5.75 Å². The third-order valence-corrected chi connectivity index (χ3v) is 3.72. The first-order valence-electron chi connectivity index (χ1n) is 6.88. The molecule has 0 aliphatic heterocycles. The molecule has 1 heterocycles. The predicted octanol–water partition coefficient (Wildman–Crippen LogP) is 2.98. The summed E-state index contributed by atoms with van der Waals surface area (Å²) in [6.07, 6.45) is 0. The minimum Gasteiger partial charge on any atom is -0.496 e. The highest BCUT2D eigenvalue weighted by Gasteiger charge is 2.22. The van der Waals surface area contributed by atoms with Gasteiger partial charge in [-0.1, -0.05) is 6.07 Å². The number of ether oxygens (including phenoxy) is 4. The van der Waals surface area contributed by atoms with Crippen LogP contribution in [0.1, 0.15) is 0 Å². The van der Waals surface area contributed by atoms with Crippen LogP contribution in [0, 0.1) is 0 Å². The van der Waals surface area contributed by atoms with Crippen LogP contribution >= 0.6 is 0 Å². The quantitative estimate of drug-likeness (QED) is 0.544. The molecule has 0 atom stereocenters. The highest BCUT2D eigenvalue weighted by atomic mass is 16.5. The van der Waals surface area contributed by atoms with E-state index in [0.29, 0.717) is 39.2 Å². The molecular weight excluding hydrogens is 300 g/mol. The second-order valence-electron chi connectivity index (χ2n) is 4.79. The average Bonchev–Trinajstić information content (AvgIpc) is 2.59. The zero-order valence-corrected chi connectivity index (χ0v) is 13.3. The van der Waals surface area contributed by atoms with Crippen LogP contribution in [0.2, 0.25) is 0 Å². The van der Waals surface area contributed by atoms with E-state index in [-0.39, 0.29) is 5.58 Å². The average molecular weight is 316 g/mol. The van der Waals surface area contributed by atoms with Crippen LogP contribution in [-0.2, 0) is 0 Å². The summed E-state index contributed by atoms with van der Waals surface area (Å²) in [5, 5.41) is 1.55. The molecule has 3 aromatic rings. The van der Waals surface area contributed by atoms with E-state index in [9.17, 15) is 4.79 Å². The lowest BCUT2D eigenvalue weighted by molar-refractivity contribution is 0.351. The summed E-state index contributed by atoms with van der Waals surface area (Å²) in [4.78, 5) is 12.3. The molecule has 0 saturated heterocycles. The molecule has 6 nitrogen and oxygen atoms in total. The number of benzene rings is 2. The van der Waals surface area contributed by atoms with Gasteiger partial charge in [0.05, 0.1) is 39.2 Å². The van der Waals surface area contributed by atoms with Gasteiger partial charge < -0.3 is 23.4 Å². The molecule has 0 aliphatic carbocycles. The molecule has 0 radical (unpaired) electrons. The fourth-order valence-electron chi connectivity index (χ4n) is 2.71. The number of fused-ring (bicyclic) bond motifs is 3. The van der Waals surface area contributed by atoms with Gasteiger partial charge in [-0.05, 0) is 12.1 Å². The van der Waals surface area contributed by atoms with Gasteiger partial charge in [-0.3, -0.25) is 0 Å². The Balaban J connectivity index is 2.69. The standard InChI is InChI=1S/C17H16O6/c1-19-10-7-5-6-9-13(10)14-15(22-4)11(20-2)8-12(21-3)16(14)23-17(9)18/h5-8H,1-4H3. The Hall–Kier alpha value is -2.89. The molecular formula is C17H16O6. The Morgan fingerprint density at radius 2 is 1.52 bits per heavy atom. The Bertz CT molecular complexity index is 941. The van der Waals surface area contributed by atoms with Crippen molar-refractivity contribution in [2.45, 2.75) is 0 Å². The molecule has 0 amide bonds. The molecule has 1 aromatic heterocycles. The minimum atomic E-state index is -0.475. The largest absolute Gasteiger partial charge is 0.496 e. The summed E-state index contributed by atoms with van der Waals surface area (Å²) in [5.41, 5.74) is -0.191. The summed E-state index contributed by atoms with van der Waals surface area (Å²) in [5.74, 6) is 1.83. The van der Waals surface area contributed by atoms with Crippen LogP contribution in [0.25, 0.3) is 21.7 Å². The number of rotatable bonds is 4. The SMILES string of the molecule is COc1cc(OC)c2oc(=O)c3cccc(OC)c3c2c1OC. The maximum absolute atomic E-state index is 12.3. The summed E-state index contributed by atoms with van der Waals surface area (Å²) in [6.45, 7) is 0. The molecule has 0 bridgehead atoms. The van der Waals surface area contributed by atoms with Crippen molar-refractivity contribution in [3.8, 4) is 23.0 Å². The van der Waals surface area contributed by atoms with E-state index in [4.69, 9.17) is 23.4 Å². The summed E-state index contributed by atoms with van der Waals surface area (Å²) < 4.78 is 27.1. The van der Waals surface area contributed by atoms with Crippen LogP contribution in [-0.4, -0.2) is 28.4 Å². The third-order valence-electron chi connectivity index (χ3n) is 3.72. The fraction of sp³-hybridized carbons (Fsp3) is 0.235. The Kier molecular flexibility index (Phi) is 3.73. The first kappa shape index (κ1) is 15.0. The Morgan fingerprint density at radius 1 is 0.826 bits per heavy atom. The van der Waals surface area contributed by atoms with Gasteiger partial charge in [0.15, 0.2) is 22.8 Å². The van der Waals surface area contributed by atoms with E-state index < -0.39 is 5.63 Å². The second kappa shape index (κ2) is 5.72. The van der Waals surface area contributed by atoms with Crippen LogP contribution in [0.15, 0.2) is 33.5 Å². The molecule has 0 aliphatic rings. The molecule has 0 fully saturated rings. The van der Waals surface area contributed by atoms with Crippen LogP contribution < -0.4 is 24.6 Å². The van der Waals surface area contributed by atoms with Gasteiger partial charge >= 0.3 is 5.63 Å². The first-order valence-corrected chi connectivity index (χ1v) is 6.88. The highest BCUT2D eigenvalue weighted by Crippen LogP contribution is 2.45.